The van der Waals surface area contributed by atoms with Crippen LogP contribution in [0.1, 0.15) is 41.1 Å². The molecule has 3 heteroatoms. The molecule has 0 radical (unpaired) electrons. The van der Waals surface area contributed by atoms with Crippen molar-refractivity contribution in [2.75, 3.05) is 38.1 Å². The number of aryl methyl sites for hydroxylation is 1. The smallest absolute Gasteiger partial charge is 0.0418 e. The molecule has 32 heavy (non-hydrogen) atoms. The quantitative estimate of drug-likeness (QED) is 0.515. The molecule has 166 valence electrons. The van der Waals surface area contributed by atoms with Gasteiger partial charge in [0.1, 0.15) is 0 Å². The van der Waals surface area contributed by atoms with Gasteiger partial charge in [0.2, 0.25) is 0 Å². The predicted molar refractivity (Wildman–Crippen MR) is 134 cm³/mol. The van der Waals surface area contributed by atoms with Crippen molar-refractivity contribution in [2.24, 2.45) is 0 Å². The molecule has 1 atom stereocenters. The minimum atomic E-state index is 0.454. The van der Waals surface area contributed by atoms with Gasteiger partial charge in [-0.05, 0) is 54.6 Å². The second-order valence-electron chi connectivity index (χ2n) is 9.42. The summed E-state index contributed by atoms with van der Waals surface area (Å²) in [7, 11) is 2.24. The van der Waals surface area contributed by atoms with Crippen molar-refractivity contribution in [3.8, 4) is 0 Å². The first kappa shape index (κ1) is 21.2. The van der Waals surface area contributed by atoms with E-state index >= 15 is 0 Å². The van der Waals surface area contributed by atoms with Crippen LogP contribution in [0.3, 0.4) is 0 Å². The molecule has 0 N–H and O–H groups in total. The summed E-state index contributed by atoms with van der Waals surface area (Å²) in [5, 5.41) is 0. The fraction of sp³-hybridized carbons (Fsp3) is 0.379. The largest absolute Gasteiger partial charge is 0.369 e. The van der Waals surface area contributed by atoms with Crippen LogP contribution < -0.4 is 4.90 Å². The standard InChI is InChI=1S/C29H35N3/c1-30-18-20-31(21-19-30)27-16-8-14-26-15-9-17-28(29(26)27)32(22-24-10-4-2-5-11-24)23-25-12-6-3-7-13-25/h2-8,10-14,16,28H,9,15,17-23H2,1H3. The van der Waals surface area contributed by atoms with E-state index in [1.54, 1.807) is 11.1 Å². The fourth-order valence-corrected chi connectivity index (χ4v) is 5.43. The van der Waals surface area contributed by atoms with E-state index in [0.29, 0.717) is 6.04 Å². The molecular formula is C29H35N3. The second-order valence-corrected chi connectivity index (χ2v) is 9.42. The van der Waals surface area contributed by atoms with Gasteiger partial charge in [-0.1, -0.05) is 72.8 Å². The maximum Gasteiger partial charge on any atom is 0.0418 e. The Kier molecular flexibility index (Phi) is 6.56. The van der Waals surface area contributed by atoms with Gasteiger partial charge < -0.3 is 9.80 Å². The van der Waals surface area contributed by atoms with E-state index in [1.165, 1.54) is 36.1 Å². The van der Waals surface area contributed by atoms with Gasteiger partial charge in [-0.2, -0.15) is 0 Å². The van der Waals surface area contributed by atoms with Crippen LogP contribution in [-0.2, 0) is 19.5 Å². The molecule has 1 saturated heterocycles. The summed E-state index contributed by atoms with van der Waals surface area (Å²) in [5.74, 6) is 0. The Morgan fingerprint density at radius 3 is 2.00 bits per heavy atom. The van der Waals surface area contributed by atoms with Gasteiger partial charge in [-0.3, -0.25) is 4.90 Å². The predicted octanol–water partition coefficient (Wildman–Crippen LogP) is 5.52. The normalized spacial score (nSPS) is 19.2. The van der Waals surface area contributed by atoms with Crippen LogP contribution in [0.25, 0.3) is 0 Å². The average Bonchev–Trinajstić information content (AvgIpc) is 2.85. The van der Waals surface area contributed by atoms with E-state index in [-0.39, 0.29) is 0 Å². The Bertz CT molecular complexity index is 952. The summed E-state index contributed by atoms with van der Waals surface area (Å²) in [4.78, 5) is 7.81. The molecule has 1 aliphatic carbocycles. The van der Waals surface area contributed by atoms with Crippen molar-refractivity contribution in [2.45, 2.75) is 38.4 Å². The molecule has 0 bridgehead atoms. The zero-order valence-electron chi connectivity index (χ0n) is 19.3. The fourth-order valence-electron chi connectivity index (χ4n) is 5.43. The Labute approximate surface area is 193 Å². The third-order valence-electron chi connectivity index (χ3n) is 7.17. The highest BCUT2D eigenvalue weighted by atomic mass is 15.3. The monoisotopic (exact) mass is 425 g/mol. The lowest BCUT2D eigenvalue weighted by molar-refractivity contribution is 0.161. The lowest BCUT2D eigenvalue weighted by atomic mass is 9.84. The van der Waals surface area contributed by atoms with Crippen LogP contribution in [0, 0.1) is 0 Å². The number of anilines is 1. The SMILES string of the molecule is CN1CCN(c2cccc3c2C(N(Cc2ccccc2)Cc2ccccc2)CCC3)CC1. The molecule has 1 heterocycles. The summed E-state index contributed by atoms with van der Waals surface area (Å²) >= 11 is 0. The van der Waals surface area contributed by atoms with E-state index in [4.69, 9.17) is 0 Å². The average molecular weight is 426 g/mol. The molecule has 1 fully saturated rings. The third-order valence-corrected chi connectivity index (χ3v) is 7.17. The van der Waals surface area contributed by atoms with E-state index in [1.807, 2.05) is 0 Å². The van der Waals surface area contributed by atoms with E-state index in [2.05, 4.69) is 101 Å². The summed E-state index contributed by atoms with van der Waals surface area (Å²) in [5.41, 5.74) is 7.42. The Hall–Kier alpha value is -2.62. The highest BCUT2D eigenvalue weighted by Crippen LogP contribution is 2.41. The van der Waals surface area contributed by atoms with E-state index in [0.717, 1.165) is 39.3 Å². The number of rotatable bonds is 6. The van der Waals surface area contributed by atoms with Gasteiger partial charge in [0, 0.05) is 51.0 Å². The van der Waals surface area contributed by atoms with E-state index in [9.17, 15) is 0 Å². The lowest BCUT2D eigenvalue weighted by Gasteiger charge is -2.41. The first-order valence-electron chi connectivity index (χ1n) is 12.1. The number of benzene rings is 3. The molecule has 1 unspecified atom stereocenters. The third kappa shape index (κ3) is 4.74. The summed E-state index contributed by atoms with van der Waals surface area (Å²) in [6.45, 7) is 6.50. The minimum Gasteiger partial charge on any atom is -0.369 e. The van der Waals surface area contributed by atoms with Gasteiger partial charge in [0.25, 0.3) is 0 Å². The first-order chi connectivity index (χ1) is 15.8. The van der Waals surface area contributed by atoms with Crippen LogP contribution in [-0.4, -0.2) is 43.0 Å². The number of hydrogen-bond donors (Lipinski definition) is 0. The summed E-state index contributed by atoms with van der Waals surface area (Å²) in [6.07, 6.45) is 3.71. The highest BCUT2D eigenvalue weighted by Gasteiger charge is 2.30. The molecule has 0 amide bonds. The molecule has 3 nitrogen and oxygen atoms in total. The van der Waals surface area contributed by atoms with Gasteiger partial charge in [0.15, 0.2) is 0 Å². The molecule has 0 aromatic heterocycles. The topological polar surface area (TPSA) is 9.72 Å². The van der Waals surface area contributed by atoms with Gasteiger partial charge in [-0.25, -0.2) is 0 Å². The molecule has 0 saturated carbocycles. The molecule has 3 aromatic carbocycles. The summed E-state index contributed by atoms with van der Waals surface area (Å²) in [6, 6.07) is 29.5. The number of nitrogens with zero attached hydrogens (tertiary/aromatic N) is 3. The van der Waals surface area contributed by atoms with Crippen molar-refractivity contribution in [1.82, 2.24) is 9.80 Å². The molecular weight excluding hydrogens is 390 g/mol. The highest BCUT2D eigenvalue weighted by molar-refractivity contribution is 5.59. The number of hydrogen-bond acceptors (Lipinski definition) is 3. The van der Waals surface area contributed by atoms with Crippen molar-refractivity contribution < 1.29 is 0 Å². The van der Waals surface area contributed by atoms with Crippen molar-refractivity contribution in [1.29, 1.82) is 0 Å². The Morgan fingerprint density at radius 2 is 1.38 bits per heavy atom. The van der Waals surface area contributed by atoms with Gasteiger partial charge >= 0.3 is 0 Å². The van der Waals surface area contributed by atoms with Crippen molar-refractivity contribution in [3.63, 3.8) is 0 Å². The Morgan fingerprint density at radius 1 is 0.750 bits per heavy atom. The number of piperazine rings is 1. The van der Waals surface area contributed by atoms with Crippen LogP contribution >= 0.6 is 0 Å². The zero-order valence-corrected chi connectivity index (χ0v) is 19.3. The van der Waals surface area contributed by atoms with Crippen LogP contribution in [0.4, 0.5) is 5.69 Å². The zero-order chi connectivity index (χ0) is 21.8. The lowest BCUT2D eigenvalue weighted by Crippen LogP contribution is -2.45. The van der Waals surface area contributed by atoms with Crippen LogP contribution in [0.2, 0.25) is 0 Å². The van der Waals surface area contributed by atoms with Crippen LogP contribution in [0.15, 0.2) is 78.9 Å². The maximum absolute atomic E-state index is 2.72. The van der Waals surface area contributed by atoms with Gasteiger partial charge in [0.05, 0.1) is 0 Å². The second kappa shape index (κ2) is 9.89. The number of fused-ring (bicyclic) bond motifs is 1. The molecule has 3 aromatic rings. The minimum absolute atomic E-state index is 0.454. The number of likely N-dealkylation sites (N-methyl/N-ethyl adjacent to an activating group) is 1. The molecule has 1 aliphatic heterocycles. The Balaban J connectivity index is 1.51. The van der Waals surface area contributed by atoms with Crippen molar-refractivity contribution in [3.05, 3.63) is 101 Å². The molecule has 0 spiro atoms. The summed E-state index contributed by atoms with van der Waals surface area (Å²) < 4.78 is 0. The van der Waals surface area contributed by atoms with Crippen LogP contribution in [0.5, 0.6) is 0 Å². The first-order valence-corrected chi connectivity index (χ1v) is 12.1. The molecule has 5 rings (SSSR count). The van der Waals surface area contributed by atoms with Crippen molar-refractivity contribution >= 4 is 5.69 Å². The van der Waals surface area contributed by atoms with E-state index < -0.39 is 0 Å². The maximum atomic E-state index is 2.72. The molecule has 2 aliphatic rings. The van der Waals surface area contributed by atoms with Gasteiger partial charge in [-0.15, -0.1) is 0 Å².